The van der Waals surface area contributed by atoms with E-state index in [1.54, 1.807) is 0 Å². The summed E-state index contributed by atoms with van der Waals surface area (Å²) in [6, 6.07) is 49.6. The molecule has 0 aliphatic heterocycles. The molecule has 0 N–H and O–H groups in total. The number of hydrogen-bond donors (Lipinski definition) is 0. The summed E-state index contributed by atoms with van der Waals surface area (Å²) < 4.78 is 0. The fourth-order valence-corrected chi connectivity index (χ4v) is 6.88. The van der Waals surface area contributed by atoms with Gasteiger partial charge in [0.05, 0.1) is 0 Å². The van der Waals surface area contributed by atoms with Crippen LogP contribution in [-0.2, 0) is 0 Å². The van der Waals surface area contributed by atoms with Crippen molar-refractivity contribution in [3.05, 3.63) is 145 Å². The Hall–Kier alpha value is -4.68. The highest BCUT2D eigenvalue weighted by Gasteiger charge is 2.23. The lowest BCUT2D eigenvalue weighted by Gasteiger charge is -2.28. The average Bonchev–Trinajstić information content (AvgIpc) is 3.01. The van der Waals surface area contributed by atoms with Crippen molar-refractivity contribution in [1.82, 2.24) is 0 Å². The Kier molecular flexibility index (Phi) is 5.74. The van der Waals surface area contributed by atoms with Crippen LogP contribution < -0.4 is 0 Å². The Morgan fingerprint density at radius 3 is 1.83 bits per heavy atom. The molecule has 0 heteroatoms. The highest BCUT2D eigenvalue weighted by molar-refractivity contribution is 6.09. The van der Waals surface area contributed by atoms with E-state index >= 15 is 0 Å². The second-order valence-electron chi connectivity index (χ2n) is 11.7. The van der Waals surface area contributed by atoms with Gasteiger partial charge in [0.25, 0.3) is 0 Å². The molecule has 1 saturated carbocycles. The minimum absolute atomic E-state index is 0.693. The first-order valence-electron chi connectivity index (χ1n) is 14.9. The molecule has 0 radical (unpaired) electrons. The Morgan fingerprint density at radius 1 is 0.439 bits per heavy atom. The zero-order valence-electron chi connectivity index (χ0n) is 23.4. The third-order valence-corrected chi connectivity index (χ3v) is 9.39. The van der Waals surface area contributed by atoms with Gasteiger partial charge in [-0.3, -0.25) is 0 Å². The van der Waals surface area contributed by atoms with E-state index in [4.69, 9.17) is 0 Å². The molecule has 7 aromatic carbocycles. The van der Waals surface area contributed by atoms with Gasteiger partial charge in [-0.25, -0.2) is 0 Å². The lowest BCUT2D eigenvalue weighted by Crippen LogP contribution is -2.10. The monoisotopic (exact) mass is 524 g/mol. The van der Waals surface area contributed by atoms with E-state index in [-0.39, 0.29) is 0 Å². The third-order valence-electron chi connectivity index (χ3n) is 9.39. The van der Waals surface area contributed by atoms with Gasteiger partial charge in [-0.1, -0.05) is 128 Å². The smallest absolute Gasteiger partial charge is 0.00990 e. The second-order valence-corrected chi connectivity index (χ2v) is 11.7. The highest BCUT2D eigenvalue weighted by Crippen LogP contribution is 2.44. The normalized spacial score (nSPS) is 13.6. The number of aryl methyl sites for hydroxylation is 1. The molecule has 0 spiro atoms. The Labute approximate surface area is 241 Å². The van der Waals surface area contributed by atoms with Crippen LogP contribution in [0.5, 0.6) is 0 Å². The first-order valence-corrected chi connectivity index (χ1v) is 14.9. The molecule has 0 aromatic heterocycles. The van der Waals surface area contributed by atoms with E-state index in [1.165, 1.54) is 96.1 Å². The molecule has 0 heterocycles. The van der Waals surface area contributed by atoms with Gasteiger partial charge in [-0.2, -0.15) is 0 Å². The maximum Gasteiger partial charge on any atom is -0.00990 e. The van der Waals surface area contributed by atoms with Crippen molar-refractivity contribution in [1.29, 1.82) is 0 Å². The largest absolute Gasteiger partial charge is 0.0619 e. The van der Waals surface area contributed by atoms with Crippen molar-refractivity contribution in [2.24, 2.45) is 0 Å². The zero-order valence-corrected chi connectivity index (χ0v) is 23.4. The molecule has 1 fully saturated rings. The minimum atomic E-state index is 0.693. The minimum Gasteiger partial charge on any atom is -0.0619 e. The van der Waals surface area contributed by atoms with Crippen LogP contribution in [0.15, 0.2) is 133 Å². The van der Waals surface area contributed by atoms with E-state index in [2.05, 4.69) is 140 Å². The quantitative estimate of drug-likeness (QED) is 0.201. The van der Waals surface area contributed by atoms with Gasteiger partial charge >= 0.3 is 0 Å². The second kappa shape index (κ2) is 9.75. The third kappa shape index (κ3) is 4.06. The standard InChI is InChI=1S/C41H32/c1-27-34-12-4-6-15-37(34)41(26-39(27)38-16-7-5-13-35(38)29-10-8-11-29)32-19-17-28(18-20-32)33-24-23-31-22-21-30-9-2-3-14-36(30)40(31)25-33/h2-7,9,12-26,29H,8,10-11H2,1H3. The molecule has 8 rings (SSSR count). The average molecular weight is 525 g/mol. The Balaban J connectivity index is 1.25. The molecule has 0 atom stereocenters. The van der Waals surface area contributed by atoms with E-state index in [9.17, 15) is 0 Å². The SMILES string of the molecule is Cc1c(-c2ccccc2C2CCC2)cc(-c2ccc(-c3ccc4ccc5ccccc5c4c3)cc2)c2ccccc12. The fourth-order valence-electron chi connectivity index (χ4n) is 6.88. The highest BCUT2D eigenvalue weighted by atomic mass is 14.3. The maximum atomic E-state index is 2.45. The molecular formula is C41H32. The van der Waals surface area contributed by atoms with Crippen molar-refractivity contribution < 1.29 is 0 Å². The predicted molar refractivity (Wildman–Crippen MR) is 177 cm³/mol. The Morgan fingerprint density at radius 2 is 1.05 bits per heavy atom. The summed E-state index contributed by atoms with van der Waals surface area (Å²) in [6.07, 6.45) is 3.96. The number of fused-ring (bicyclic) bond motifs is 4. The summed E-state index contributed by atoms with van der Waals surface area (Å²) in [5.41, 5.74) is 10.7. The molecule has 1 aliphatic rings. The van der Waals surface area contributed by atoms with Gasteiger partial charge < -0.3 is 0 Å². The summed E-state index contributed by atoms with van der Waals surface area (Å²) in [5, 5.41) is 7.85. The van der Waals surface area contributed by atoms with E-state index in [0.29, 0.717) is 5.92 Å². The molecule has 1 aliphatic carbocycles. The van der Waals surface area contributed by atoms with Crippen molar-refractivity contribution in [3.63, 3.8) is 0 Å². The summed E-state index contributed by atoms with van der Waals surface area (Å²) >= 11 is 0. The summed E-state index contributed by atoms with van der Waals surface area (Å²) in [6.45, 7) is 2.30. The van der Waals surface area contributed by atoms with Crippen LogP contribution in [0.25, 0.3) is 65.7 Å². The van der Waals surface area contributed by atoms with Crippen molar-refractivity contribution >= 4 is 32.3 Å². The van der Waals surface area contributed by atoms with Crippen molar-refractivity contribution in [2.45, 2.75) is 32.1 Å². The number of hydrogen-bond acceptors (Lipinski definition) is 0. The van der Waals surface area contributed by atoms with Crippen LogP contribution in [0, 0.1) is 6.92 Å². The summed E-state index contributed by atoms with van der Waals surface area (Å²) in [5.74, 6) is 0.693. The molecular weight excluding hydrogens is 492 g/mol. The topological polar surface area (TPSA) is 0 Å². The van der Waals surface area contributed by atoms with E-state index in [1.807, 2.05) is 0 Å². The van der Waals surface area contributed by atoms with Crippen LogP contribution >= 0.6 is 0 Å². The van der Waals surface area contributed by atoms with Crippen LogP contribution in [0.3, 0.4) is 0 Å². The molecule has 7 aromatic rings. The van der Waals surface area contributed by atoms with Crippen LogP contribution in [-0.4, -0.2) is 0 Å². The first kappa shape index (κ1) is 24.1. The molecule has 41 heavy (non-hydrogen) atoms. The van der Waals surface area contributed by atoms with Gasteiger partial charge in [0.2, 0.25) is 0 Å². The molecule has 0 saturated heterocycles. The van der Waals surface area contributed by atoms with Gasteiger partial charge in [-0.15, -0.1) is 0 Å². The number of rotatable bonds is 4. The lowest BCUT2D eigenvalue weighted by atomic mass is 9.76. The van der Waals surface area contributed by atoms with E-state index < -0.39 is 0 Å². The lowest BCUT2D eigenvalue weighted by molar-refractivity contribution is 0.420. The van der Waals surface area contributed by atoms with Crippen LogP contribution in [0.4, 0.5) is 0 Å². The summed E-state index contributed by atoms with van der Waals surface area (Å²) in [7, 11) is 0. The van der Waals surface area contributed by atoms with E-state index in [0.717, 1.165) is 0 Å². The fraction of sp³-hybridized carbons (Fsp3) is 0.122. The van der Waals surface area contributed by atoms with Crippen molar-refractivity contribution in [2.75, 3.05) is 0 Å². The van der Waals surface area contributed by atoms with Crippen molar-refractivity contribution in [3.8, 4) is 33.4 Å². The Bertz CT molecular complexity index is 2070. The predicted octanol–water partition coefficient (Wildman–Crippen LogP) is 11.7. The van der Waals surface area contributed by atoms with Gasteiger partial charge in [0, 0.05) is 0 Å². The summed E-state index contributed by atoms with van der Waals surface area (Å²) in [4.78, 5) is 0. The molecule has 0 unspecified atom stereocenters. The zero-order chi connectivity index (χ0) is 27.3. The first-order chi connectivity index (χ1) is 20.2. The van der Waals surface area contributed by atoms with Crippen LogP contribution in [0.2, 0.25) is 0 Å². The van der Waals surface area contributed by atoms with Crippen LogP contribution in [0.1, 0.15) is 36.3 Å². The molecule has 196 valence electrons. The molecule has 0 amide bonds. The van der Waals surface area contributed by atoms with Gasteiger partial charge in [0.1, 0.15) is 0 Å². The maximum absolute atomic E-state index is 2.45. The van der Waals surface area contributed by atoms with Gasteiger partial charge in [0.15, 0.2) is 0 Å². The molecule has 0 bridgehead atoms. The number of benzene rings is 7. The molecule has 0 nitrogen and oxygen atoms in total. The van der Waals surface area contributed by atoms with Gasteiger partial charge in [-0.05, 0) is 115 Å².